The summed E-state index contributed by atoms with van der Waals surface area (Å²) in [5.41, 5.74) is 3.89. The Hall–Kier alpha value is -1.96. The Morgan fingerprint density at radius 2 is 1.76 bits per heavy atom. The fraction of sp³-hybridized carbons (Fsp3) is 0.500. The van der Waals surface area contributed by atoms with Crippen molar-refractivity contribution in [1.29, 1.82) is 0 Å². The summed E-state index contributed by atoms with van der Waals surface area (Å²) in [6.45, 7) is 6.83. The zero-order valence-corrected chi connectivity index (χ0v) is 18.0. The highest BCUT2D eigenvalue weighted by molar-refractivity contribution is 7.88. The summed E-state index contributed by atoms with van der Waals surface area (Å²) in [6, 6.07) is 11.9. The van der Waals surface area contributed by atoms with Crippen LogP contribution in [0.4, 0.5) is 0 Å². The Balaban J connectivity index is 1.34. The van der Waals surface area contributed by atoms with Crippen LogP contribution in [0.5, 0.6) is 0 Å². The second-order valence-electron chi connectivity index (χ2n) is 8.38. The third-order valence-corrected chi connectivity index (χ3v) is 7.97. The van der Waals surface area contributed by atoms with Crippen LogP contribution in [-0.2, 0) is 15.8 Å². The lowest BCUT2D eigenvalue weighted by Crippen LogP contribution is -3.15. The SMILES string of the molecule is Cc1cc(C(=O)C[NH+]2CCN(S(=O)(=O)Cc3ccccc3)CC2)c(C)n1C1CC1. The highest BCUT2D eigenvalue weighted by atomic mass is 32.2. The monoisotopic (exact) mass is 416 g/mol. The van der Waals surface area contributed by atoms with Crippen molar-refractivity contribution in [3.63, 3.8) is 0 Å². The normalized spacial score (nSPS) is 18.8. The second-order valence-corrected chi connectivity index (χ2v) is 10.3. The number of nitrogens with zero attached hydrogens (tertiary/aromatic N) is 2. The smallest absolute Gasteiger partial charge is 0.218 e. The molecular weight excluding hydrogens is 386 g/mol. The molecule has 2 fully saturated rings. The number of carbonyl (C=O) groups excluding carboxylic acids is 1. The molecule has 1 aromatic heterocycles. The summed E-state index contributed by atoms with van der Waals surface area (Å²) >= 11 is 0. The van der Waals surface area contributed by atoms with Crippen LogP contribution in [0.15, 0.2) is 36.4 Å². The standard InChI is InChI=1S/C22H29N3O3S/c1-17-14-21(18(2)25(17)20-8-9-20)22(26)15-23-10-12-24(13-11-23)29(27,28)16-19-6-4-3-5-7-19/h3-7,14,20H,8-13,15-16H2,1-2H3/p+1. The van der Waals surface area contributed by atoms with E-state index in [2.05, 4.69) is 11.5 Å². The summed E-state index contributed by atoms with van der Waals surface area (Å²) in [5, 5.41) is 0. The van der Waals surface area contributed by atoms with Gasteiger partial charge in [-0.2, -0.15) is 4.31 Å². The van der Waals surface area contributed by atoms with Crippen LogP contribution >= 0.6 is 0 Å². The van der Waals surface area contributed by atoms with Crippen LogP contribution in [0.3, 0.4) is 0 Å². The molecule has 1 saturated carbocycles. The number of hydrogen-bond acceptors (Lipinski definition) is 3. The Kier molecular flexibility index (Phi) is 5.64. The van der Waals surface area contributed by atoms with E-state index < -0.39 is 10.0 Å². The number of benzene rings is 1. The van der Waals surface area contributed by atoms with E-state index in [-0.39, 0.29) is 11.5 Å². The van der Waals surface area contributed by atoms with Crippen molar-refractivity contribution in [1.82, 2.24) is 8.87 Å². The second kappa shape index (κ2) is 8.05. The molecule has 7 heteroatoms. The number of quaternary nitrogens is 1. The van der Waals surface area contributed by atoms with E-state index in [0.29, 0.717) is 38.8 Å². The molecule has 0 radical (unpaired) electrons. The molecule has 0 bridgehead atoms. The molecule has 0 unspecified atom stereocenters. The van der Waals surface area contributed by atoms with E-state index in [9.17, 15) is 13.2 Å². The van der Waals surface area contributed by atoms with Gasteiger partial charge in [0.15, 0.2) is 0 Å². The van der Waals surface area contributed by atoms with Crippen molar-refractivity contribution in [3.8, 4) is 0 Å². The third-order valence-electron chi connectivity index (χ3n) is 6.12. The largest absolute Gasteiger partial charge is 0.345 e. The van der Waals surface area contributed by atoms with E-state index in [4.69, 9.17) is 0 Å². The fourth-order valence-electron chi connectivity index (χ4n) is 4.41. The molecule has 0 atom stereocenters. The molecule has 2 heterocycles. The number of rotatable bonds is 7. The van der Waals surface area contributed by atoms with Crippen molar-refractivity contribution < 1.29 is 18.1 Å². The molecule has 1 saturated heterocycles. The molecule has 1 aliphatic carbocycles. The minimum atomic E-state index is -3.32. The van der Waals surface area contributed by atoms with E-state index in [0.717, 1.165) is 21.7 Å². The Labute approximate surface area is 173 Å². The summed E-state index contributed by atoms with van der Waals surface area (Å²) in [5.74, 6) is 0.204. The van der Waals surface area contributed by atoms with Gasteiger partial charge in [-0.15, -0.1) is 0 Å². The zero-order valence-electron chi connectivity index (χ0n) is 17.2. The van der Waals surface area contributed by atoms with E-state index >= 15 is 0 Å². The number of piperazine rings is 1. The molecule has 1 aliphatic heterocycles. The maximum atomic E-state index is 12.9. The number of hydrogen-bond donors (Lipinski definition) is 1. The van der Waals surface area contributed by atoms with Crippen LogP contribution in [-0.4, -0.2) is 55.8 Å². The number of carbonyl (C=O) groups is 1. The quantitative estimate of drug-likeness (QED) is 0.693. The first-order valence-corrected chi connectivity index (χ1v) is 12.0. The van der Waals surface area contributed by atoms with Crippen molar-refractivity contribution in [3.05, 3.63) is 58.9 Å². The lowest BCUT2D eigenvalue weighted by atomic mass is 10.1. The van der Waals surface area contributed by atoms with Gasteiger partial charge in [-0.3, -0.25) is 4.79 Å². The van der Waals surface area contributed by atoms with Crippen LogP contribution in [0.25, 0.3) is 0 Å². The molecule has 1 aromatic carbocycles. The number of nitrogens with one attached hydrogen (secondary N) is 1. The molecular formula is C22H30N3O3S+. The minimum absolute atomic E-state index is 0.0370. The third kappa shape index (κ3) is 4.47. The lowest BCUT2D eigenvalue weighted by Gasteiger charge is -2.31. The van der Waals surface area contributed by atoms with Crippen LogP contribution in [0, 0.1) is 13.8 Å². The molecule has 29 heavy (non-hydrogen) atoms. The highest BCUT2D eigenvalue weighted by Crippen LogP contribution is 2.38. The summed E-state index contributed by atoms with van der Waals surface area (Å²) in [4.78, 5) is 14.1. The molecule has 0 amide bonds. The average Bonchev–Trinajstić information content (AvgIpc) is 3.47. The van der Waals surface area contributed by atoms with Crippen molar-refractivity contribution in [2.24, 2.45) is 0 Å². The number of Topliss-reactive ketones (excluding diaryl/α,β-unsaturated/α-hetero) is 1. The first kappa shape index (κ1) is 20.3. The first-order valence-electron chi connectivity index (χ1n) is 10.4. The average molecular weight is 417 g/mol. The fourth-order valence-corrected chi connectivity index (χ4v) is 5.94. The summed E-state index contributed by atoms with van der Waals surface area (Å²) < 4.78 is 29.3. The molecule has 0 spiro atoms. The topological polar surface area (TPSA) is 63.8 Å². The molecule has 4 rings (SSSR count). The van der Waals surface area contributed by atoms with Gasteiger partial charge in [0.2, 0.25) is 15.8 Å². The Bertz CT molecular complexity index is 986. The predicted molar refractivity (Wildman–Crippen MR) is 113 cm³/mol. The van der Waals surface area contributed by atoms with Gasteiger partial charge in [-0.05, 0) is 38.3 Å². The number of sulfonamides is 1. The Morgan fingerprint density at radius 3 is 2.38 bits per heavy atom. The van der Waals surface area contributed by atoms with Gasteiger partial charge in [0.25, 0.3) is 0 Å². The number of aromatic nitrogens is 1. The lowest BCUT2D eigenvalue weighted by molar-refractivity contribution is -0.895. The van der Waals surface area contributed by atoms with E-state index in [1.54, 1.807) is 4.31 Å². The zero-order chi connectivity index (χ0) is 20.6. The summed E-state index contributed by atoms with van der Waals surface area (Å²) in [6.07, 6.45) is 2.41. The predicted octanol–water partition coefficient (Wildman–Crippen LogP) is 1.35. The van der Waals surface area contributed by atoms with Gasteiger partial charge >= 0.3 is 0 Å². The van der Waals surface area contributed by atoms with E-state index in [1.165, 1.54) is 18.5 Å². The maximum Gasteiger partial charge on any atom is 0.218 e. The number of ketones is 1. The van der Waals surface area contributed by atoms with Crippen LogP contribution in [0.2, 0.25) is 0 Å². The first-order chi connectivity index (χ1) is 13.8. The van der Waals surface area contributed by atoms with E-state index in [1.807, 2.05) is 43.3 Å². The molecule has 2 aromatic rings. The molecule has 156 valence electrons. The van der Waals surface area contributed by atoms with Gasteiger partial charge in [0.1, 0.15) is 6.54 Å². The van der Waals surface area contributed by atoms with Gasteiger partial charge in [-0.25, -0.2) is 8.42 Å². The van der Waals surface area contributed by atoms with Gasteiger partial charge in [0, 0.05) is 23.0 Å². The van der Waals surface area contributed by atoms with Gasteiger partial charge in [0.05, 0.1) is 31.9 Å². The number of aryl methyl sites for hydroxylation is 1. The molecule has 1 N–H and O–H groups in total. The van der Waals surface area contributed by atoms with Crippen molar-refractivity contribution in [2.75, 3.05) is 32.7 Å². The maximum absolute atomic E-state index is 12.9. The Morgan fingerprint density at radius 1 is 1.10 bits per heavy atom. The van der Waals surface area contributed by atoms with Gasteiger partial charge in [-0.1, -0.05) is 30.3 Å². The van der Waals surface area contributed by atoms with Crippen LogP contribution < -0.4 is 4.90 Å². The molecule has 6 nitrogen and oxygen atoms in total. The van der Waals surface area contributed by atoms with Gasteiger partial charge < -0.3 is 9.47 Å². The van der Waals surface area contributed by atoms with Crippen LogP contribution in [0.1, 0.15) is 46.2 Å². The summed E-state index contributed by atoms with van der Waals surface area (Å²) in [7, 11) is -3.32. The van der Waals surface area contributed by atoms with Crippen molar-refractivity contribution in [2.45, 2.75) is 38.5 Å². The minimum Gasteiger partial charge on any atom is -0.345 e. The molecule has 2 aliphatic rings. The highest BCUT2D eigenvalue weighted by Gasteiger charge is 2.32. The van der Waals surface area contributed by atoms with Crippen molar-refractivity contribution >= 4 is 15.8 Å².